The van der Waals surface area contributed by atoms with E-state index in [0.717, 1.165) is 30.3 Å². The third-order valence-electron chi connectivity index (χ3n) is 6.57. The highest BCUT2D eigenvalue weighted by molar-refractivity contribution is 6.33. The number of aromatic nitrogens is 3. The topological polar surface area (TPSA) is 49.2 Å². The third kappa shape index (κ3) is 2.30. The summed E-state index contributed by atoms with van der Waals surface area (Å²) >= 11 is 6.25. The van der Waals surface area contributed by atoms with Crippen molar-refractivity contribution < 1.29 is 9.47 Å². The number of rotatable bonds is 2. The predicted octanol–water partition coefficient (Wildman–Crippen LogP) is 4.67. The van der Waals surface area contributed by atoms with Gasteiger partial charge in [-0.1, -0.05) is 31.0 Å². The van der Waals surface area contributed by atoms with E-state index in [2.05, 4.69) is 34.2 Å². The van der Waals surface area contributed by atoms with Crippen LogP contribution >= 0.6 is 11.6 Å². The van der Waals surface area contributed by atoms with Crippen LogP contribution in [-0.2, 0) is 9.47 Å². The Morgan fingerprint density at radius 3 is 2.85 bits per heavy atom. The Kier molecular flexibility index (Phi) is 3.72. The first-order chi connectivity index (χ1) is 12.6. The second-order valence-corrected chi connectivity index (χ2v) is 8.56. The minimum absolute atomic E-state index is 0.000408. The van der Waals surface area contributed by atoms with Crippen molar-refractivity contribution in [1.29, 1.82) is 0 Å². The zero-order chi connectivity index (χ0) is 17.9. The Morgan fingerprint density at radius 1 is 1.27 bits per heavy atom. The van der Waals surface area contributed by atoms with Crippen LogP contribution in [-0.4, -0.2) is 32.5 Å². The molecule has 1 saturated heterocycles. The molecule has 26 heavy (non-hydrogen) atoms. The van der Waals surface area contributed by atoms with Gasteiger partial charge in [-0.2, -0.15) is 0 Å². The van der Waals surface area contributed by atoms with Crippen LogP contribution in [0.2, 0.25) is 5.15 Å². The number of nitrogens with zero attached hydrogens (tertiary/aromatic N) is 3. The molecule has 5 nitrogen and oxygen atoms in total. The van der Waals surface area contributed by atoms with Crippen LogP contribution in [0.5, 0.6) is 0 Å². The molecule has 5 rings (SSSR count). The van der Waals surface area contributed by atoms with Crippen LogP contribution < -0.4 is 0 Å². The van der Waals surface area contributed by atoms with Gasteiger partial charge in [-0.05, 0) is 25.3 Å². The molecule has 2 aromatic rings. The fourth-order valence-electron chi connectivity index (χ4n) is 5.10. The lowest BCUT2D eigenvalue weighted by molar-refractivity contribution is -0.208. The standard InChI is InChI=1S/C20H24ClN3O2/c1-3-19(2)11-14(24-10-7-13-17(21)22-12-23-18(13)24)15-16(19)26-20(25-15)8-5-4-6-9-20/h3,7,10,12,14-16H,1,4-6,8-9,11H2,2H3/t14-,15+,16+,19+/m1/s1. The molecule has 3 aliphatic rings. The molecule has 0 radical (unpaired) electrons. The summed E-state index contributed by atoms with van der Waals surface area (Å²) in [7, 11) is 0. The van der Waals surface area contributed by atoms with Crippen molar-refractivity contribution in [3.05, 3.63) is 36.4 Å². The molecular formula is C20H24ClN3O2. The van der Waals surface area contributed by atoms with Gasteiger partial charge in [-0.15, -0.1) is 6.58 Å². The van der Waals surface area contributed by atoms with Gasteiger partial charge in [0.05, 0.1) is 17.5 Å². The fraction of sp³-hybridized carbons (Fsp3) is 0.600. The monoisotopic (exact) mass is 373 g/mol. The Bertz CT molecular complexity index is 860. The van der Waals surface area contributed by atoms with Gasteiger partial charge in [0.15, 0.2) is 5.79 Å². The summed E-state index contributed by atoms with van der Waals surface area (Å²) in [5.41, 5.74) is 0.735. The second-order valence-electron chi connectivity index (χ2n) is 8.20. The lowest BCUT2D eigenvalue weighted by Gasteiger charge is -2.35. The smallest absolute Gasteiger partial charge is 0.169 e. The minimum atomic E-state index is -0.411. The molecule has 1 spiro atoms. The van der Waals surface area contributed by atoms with Crippen molar-refractivity contribution >= 4 is 22.6 Å². The SMILES string of the molecule is C=C[C@@]1(C)C[C@@H](n2ccc3c(Cl)ncnc32)[C@@H]2OC3(CCCCC3)O[C@@H]21. The van der Waals surface area contributed by atoms with Crippen LogP contribution in [0.15, 0.2) is 31.2 Å². The van der Waals surface area contributed by atoms with E-state index in [0.29, 0.717) is 5.15 Å². The van der Waals surface area contributed by atoms with Crippen LogP contribution in [0.1, 0.15) is 51.5 Å². The normalized spacial score (nSPS) is 35.8. The molecule has 0 aromatic carbocycles. The van der Waals surface area contributed by atoms with Crippen LogP contribution in [0.25, 0.3) is 11.0 Å². The van der Waals surface area contributed by atoms with Crippen LogP contribution in [0.4, 0.5) is 0 Å². The van der Waals surface area contributed by atoms with Crippen molar-refractivity contribution in [2.75, 3.05) is 0 Å². The Balaban J connectivity index is 1.57. The van der Waals surface area contributed by atoms with Gasteiger partial charge in [0.25, 0.3) is 0 Å². The summed E-state index contributed by atoms with van der Waals surface area (Å²) in [6, 6.07) is 2.13. The molecule has 3 heterocycles. The predicted molar refractivity (Wildman–Crippen MR) is 100 cm³/mol. The first-order valence-electron chi connectivity index (χ1n) is 9.52. The zero-order valence-electron chi connectivity index (χ0n) is 15.0. The van der Waals surface area contributed by atoms with Crippen molar-refractivity contribution in [2.45, 2.75) is 69.5 Å². The quantitative estimate of drug-likeness (QED) is 0.567. The third-order valence-corrected chi connectivity index (χ3v) is 6.87. The zero-order valence-corrected chi connectivity index (χ0v) is 15.8. The van der Waals surface area contributed by atoms with E-state index in [9.17, 15) is 0 Å². The van der Waals surface area contributed by atoms with Crippen molar-refractivity contribution in [3.8, 4) is 0 Å². The molecule has 2 saturated carbocycles. The molecule has 138 valence electrons. The fourth-order valence-corrected chi connectivity index (χ4v) is 5.29. The molecule has 3 fully saturated rings. The number of hydrogen-bond donors (Lipinski definition) is 0. The summed E-state index contributed by atoms with van der Waals surface area (Å²) in [4.78, 5) is 8.58. The summed E-state index contributed by atoms with van der Waals surface area (Å²) in [6.45, 7) is 6.34. The Labute approximate surface area is 158 Å². The van der Waals surface area contributed by atoms with E-state index in [-0.39, 0.29) is 23.7 Å². The van der Waals surface area contributed by atoms with Gasteiger partial charge in [0, 0.05) is 24.5 Å². The van der Waals surface area contributed by atoms with Gasteiger partial charge in [-0.25, -0.2) is 9.97 Å². The highest BCUT2D eigenvalue weighted by Crippen LogP contribution is 2.56. The maximum absolute atomic E-state index is 6.66. The molecule has 6 heteroatoms. The average Bonchev–Trinajstić information content (AvgIpc) is 3.30. The Hall–Kier alpha value is -1.43. The van der Waals surface area contributed by atoms with E-state index < -0.39 is 5.79 Å². The van der Waals surface area contributed by atoms with E-state index in [4.69, 9.17) is 21.1 Å². The number of ether oxygens (including phenoxy) is 2. The molecule has 0 unspecified atom stereocenters. The van der Waals surface area contributed by atoms with Gasteiger partial charge in [0.2, 0.25) is 0 Å². The highest BCUT2D eigenvalue weighted by atomic mass is 35.5. The maximum Gasteiger partial charge on any atom is 0.169 e. The van der Waals surface area contributed by atoms with Crippen molar-refractivity contribution in [2.24, 2.45) is 5.41 Å². The average molecular weight is 374 g/mol. The van der Waals surface area contributed by atoms with E-state index in [1.807, 2.05) is 12.1 Å². The number of fused-ring (bicyclic) bond motifs is 2. The van der Waals surface area contributed by atoms with Gasteiger partial charge in [-0.3, -0.25) is 0 Å². The maximum atomic E-state index is 6.66. The number of halogens is 1. The largest absolute Gasteiger partial charge is 0.343 e. The van der Waals surface area contributed by atoms with Crippen LogP contribution in [0.3, 0.4) is 0 Å². The molecular weight excluding hydrogens is 350 g/mol. The van der Waals surface area contributed by atoms with Crippen molar-refractivity contribution in [1.82, 2.24) is 14.5 Å². The summed E-state index contributed by atoms with van der Waals surface area (Å²) < 4.78 is 15.5. The lowest BCUT2D eigenvalue weighted by atomic mass is 9.86. The summed E-state index contributed by atoms with van der Waals surface area (Å²) in [6.07, 6.45) is 12.1. The first-order valence-corrected chi connectivity index (χ1v) is 9.89. The summed E-state index contributed by atoms with van der Waals surface area (Å²) in [5.74, 6) is -0.411. The van der Waals surface area contributed by atoms with E-state index >= 15 is 0 Å². The van der Waals surface area contributed by atoms with Crippen LogP contribution in [0, 0.1) is 5.41 Å². The van der Waals surface area contributed by atoms with Gasteiger partial charge < -0.3 is 14.0 Å². The van der Waals surface area contributed by atoms with Gasteiger partial charge in [0.1, 0.15) is 23.2 Å². The molecule has 0 N–H and O–H groups in total. The molecule has 0 bridgehead atoms. The molecule has 1 aliphatic heterocycles. The minimum Gasteiger partial charge on any atom is -0.343 e. The molecule has 0 amide bonds. The Morgan fingerprint density at radius 2 is 2.08 bits per heavy atom. The highest BCUT2D eigenvalue weighted by Gasteiger charge is 2.61. The second kappa shape index (κ2) is 5.78. The van der Waals surface area contributed by atoms with Crippen molar-refractivity contribution in [3.63, 3.8) is 0 Å². The lowest BCUT2D eigenvalue weighted by Crippen LogP contribution is -2.37. The molecule has 4 atom stereocenters. The summed E-state index contributed by atoms with van der Waals surface area (Å²) in [5, 5.41) is 1.37. The first kappa shape index (κ1) is 16.7. The molecule has 2 aliphatic carbocycles. The van der Waals surface area contributed by atoms with E-state index in [1.54, 1.807) is 0 Å². The molecule has 2 aromatic heterocycles. The van der Waals surface area contributed by atoms with Gasteiger partial charge >= 0.3 is 0 Å². The van der Waals surface area contributed by atoms with E-state index in [1.165, 1.54) is 25.6 Å². The number of hydrogen-bond acceptors (Lipinski definition) is 4.